The number of rotatable bonds is 3. The van der Waals surface area contributed by atoms with Crippen LogP contribution in [-0.4, -0.2) is 20.6 Å². The molecule has 14 heavy (non-hydrogen) atoms. The van der Waals surface area contributed by atoms with Crippen molar-refractivity contribution in [3.05, 3.63) is 41.5 Å². The Labute approximate surface area is 80.2 Å². The maximum absolute atomic E-state index is 12.6. The molecular formula is C9H9FN4. The third-order valence-corrected chi connectivity index (χ3v) is 1.94. The first kappa shape index (κ1) is 8.80. The quantitative estimate of drug-likeness (QED) is 0.792. The van der Waals surface area contributed by atoms with Crippen LogP contribution in [0, 0.1) is 5.82 Å². The highest BCUT2D eigenvalue weighted by atomic mass is 19.1. The minimum absolute atomic E-state index is 0.215. The molecule has 1 aromatic carbocycles. The van der Waals surface area contributed by atoms with Crippen molar-refractivity contribution < 1.29 is 4.39 Å². The predicted molar refractivity (Wildman–Crippen MR) is 48.0 cm³/mol. The zero-order valence-electron chi connectivity index (χ0n) is 7.44. The Morgan fingerprint density at radius 2 is 1.93 bits per heavy atom. The molecule has 1 N–H and O–H groups in total. The van der Waals surface area contributed by atoms with Crippen molar-refractivity contribution >= 4 is 0 Å². The van der Waals surface area contributed by atoms with Gasteiger partial charge in [0.1, 0.15) is 5.82 Å². The van der Waals surface area contributed by atoms with Crippen LogP contribution < -0.4 is 0 Å². The second-order valence-corrected chi connectivity index (χ2v) is 2.95. The van der Waals surface area contributed by atoms with E-state index in [-0.39, 0.29) is 5.82 Å². The second-order valence-electron chi connectivity index (χ2n) is 2.95. The summed E-state index contributed by atoms with van der Waals surface area (Å²) in [6.07, 6.45) is 1.50. The Hall–Kier alpha value is -1.78. The molecule has 0 unspecified atom stereocenters. The van der Waals surface area contributed by atoms with Crippen LogP contribution in [-0.2, 0) is 12.8 Å². The first-order chi connectivity index (χ1) is 6.84. The maximum atomic E-state index is 12.6. The summed E-state index contributed by atoms with van der Waals surface area (Å²) in [6, 6.07) is 6.42. The number of aryl methyl sites for hydroxylation is 2. The van der Waals surface area contributed by atoms with Gasteiger partial charge in [-0.2, -0.15) is 5.21 Å². The van der Waals surface area contributed by atoms with E-state index < -0.39 is 0 Å². The van der Waals surface area contributed by atoms with E-state index in [1.165, 1.54) is 12.1 Å². The summed E-state index contributed by atoms with van der Waals surface area (Å²) in [4.78, 5) is 0. The van der Waals surface area contributed by atoms with E-state index in [9.17, 15) is 4.39 Å². The van der Waals surface area contributed by atoms with Gasteiger partial charge in [-0.05, 0) is 24.1 Å². The molecule has 0 aliphatic carbocycles. The van der Waals surface area contributed by atoms with Crippen LogP contribution in [0.1, 0.15) is 11.4 Å². The van der Waals surface area contributed by atoms with Crippen molar-refractivity contribution in [1.82, 2.24) is 20.6 Å². The molecule has 0 bridgehead atoms. The van der Waals surface area contributed by atoms with Crippen LogP contribution in [0.5, 0.6) is 0 Å². The summed E-state index contributed by atoms with van der Waals surface area (Å²) < 4.78 is 12.6. The predicted octanol–water partition coefficient (Wildman–Crippen LogP) is 1.12. The van der Waals surface area contributed by atoms with Crippen LogP contribution in [0.3, 0.4) is 0 Å². The van der Waals surface area contributed by atoms with Gasteiger partial charge in [0.2, 0.25) is 0 Å². The third kappa shape index (κ3) is 2.12. The minimum Gasteiger partial charge on any atom is -0.207 e. The van der Waals surface area contributed by atoms with Crippen LogP contribution in [0.25, 0.3) is 0 Å². The summed E-state index contributed by atoms with van der Waals surface area (Å²) >= 11 is 0. The van der Waals surface area contributed by atoms with Gasteiger partial charge in [-0.25, -0.2) is 4.39 Å². The van der Waals surface area contributed by atoms with Crippen molar-refractivity contribution in [2.45, 2.75) is 12.8 Å². The molecule has 1 heterocycles. The molecule has 0 amide bonds. The smallest absolute Gasteiger partial charge is 0.174 e. The zero-order valence-corrected chi connectivity index (χ0v) is 7.44. The summed E-state index contributed by atoms with van der Waals surface area (Å²) in [5.41, 5.74) is 1.07. The number of aromatic amines is 1. The molecule has 72 valence electrons. The maximum Gasteiger partial charge on any atom is 0.174 e. The standard InChI is InChI=1S/C9H9FN4/c10-8-4-1-7(2-5-8)3-6-9-11-13-14-12-9/h1-2,4-5H,3,6H2,(H,11,12,13,14). The molecule has 0 atom stereocenters. The molecule has 0 saturated carbocycles. The van der Waals surface area contributed by atoms with Crippen LogP contribution >= 0.6 is 0 Å². The Balaban J connectivity index is 1.95. The number of hydrogen-bond donors (Lipinski definition) is 1. The van der Waals surface area contributed by atoms with Gasteiger partial charge in [0.05, 0.1) is 0 Å². The topological polar surface area (TPSA) is 54.5 Å². The van der Waals surface area contributed by atoms with Crippen LogP contribution in [0.2, 0.25) is 0 Å². The average molecular weight is 192 g/mol. The van der Waals surface area contributed by atoms with Crippen LogP contribution in [0.4, 0.5) is 4.39 Å². The lowest BCUT2D eigenvalue weighted by atomic mass is 10.1. The first-order valence-electron chi connectivity index (χ1n) is 4.31. The minimum atomic E-state index is -0.215. The van der Waals surface area contributed by atoms with Crippen molar-refractivity contribution in [2.24, 2.45) is 0 Å². The SMILES string of the molecule is Fc1ccc(CCc2nn[nH]n2)cc1. The molecule has 0 aliphatic heterocycles. The fourth-order valence-electron chi connectivity index (χ4n) is 1.20. The molecule has 1 aromatic heterocycles. The van der Waals surface area contributed by atoms with Gasteiger partial charge < -0.3 is 0 Å². The molecular weight excluding hydrogens is 183 g/mol. The number of tetrazole rings is 1. The number of benzene rings is 1. The van der Waals surface area contributed by atoms with Gasteiger partial charge in [0.25, 0.3) is 0 Å². The molecule has 0 fully saturated rings. The van der Waals surface area contributed by atoms with Gasteiger partial charge in [-0.3, -0.25) is 0 Å². The Kier molecular flexibility index (Phi) is 2.48. The lowest BCUT2D eigenvalue weighted by molar-refractivity contribution is 0.627. The molecule has 5 heteroatoms. The summed E-state index contributed by atoms with van der Waals surface area (Å²) in [7, 11) is 0. The highest BCUT2D eigenvalue weighted by Gasteiger charge is 1.99. The molecule has 4 nitrogen and oxygen atoms in total. The van der Waals surface area contributed by atoms with Gasteiger partial charge in [0, 0.05) is 6.42 Å². The first-order valence-corrected chi connectivity index (χ1v) is 4.31. The number of nitrogens with one attached hydrogen (secondary N) is 1. The number of aromatic nitrogens is 4. The second kappa shape index (κ2) is 3.95. The van der Waals surface area contributed by atoms with Crippen molar-refractivity contribution in [3.63, 3.8) is 0 Å². The number of hydrogen-bond acceptors (Lipinski definition) is 3. The third-order valence-electron chi connectivity index (χ3n) is 1.94. The average Bonchev–Trinajstić information content (AvgIpc) is 2.70. The van der Waals surface area contributed by atoms with E-state index in [1.54, 1.807) is 12.1 Å². The zero-order chi connectivity index (χ0) is 9.80. The van der Waals surface area contributed by atoms with E-state index in [0.717, 1.165) is 12.0 Å². The van der Waals surface area contributed by atoms with Gasteiger partial charge in [-0.15, -0.1) is 10.2 Å². The molecule has 2 aromatic rings. The van der Waals surface area contributed by atoms with E-state index in [0.29, 0.717) is 12.2 Å². The lowest BCUT2D eigenvalue weighted by Crippen LogP contribution is -1.93. The Morgan fingerprint density at radius 3 is 2.57 bits per heavy atom. The molecule has 0 saturated heterocycles. The Bertz CT molecular complexity index is 382. The highest BCUT2D eigenvalue weighted by molar-refractivity contribution is 5.16. The monoisotopic (exact) mass is 192 g/mol. The van der Waals surface area contributed by atoms with Crippen molar-refractivity contribution in [3.8, 4) is 0 Å². The number of nitrogens with zero attached hydrogens (tertiary/aromatic N) is 3. The van der Waals surface area contributed by atoms with Crippen molar-refractivity contribution in [1.29, 1.82) is 0 Å². The van der Waals surface area contributed by atoms with Crippen LogP contribution in [0.15, 0.2) is 24.3 Å². The normalized spacial score (nSPS) is 10.4. The van der Waals surface area contributed by atoms with E-state index >= 15 is 0 Å². The Morgan fingerprint density at radius 1 is 1.14 bits per heavy atom. The number of halogens is 1. The molecule has 0 aliphatic rings. The molecule has 2 rings (SSSR count). The fourth-order valence-corrected chi connectivity index (χ4v) is 1.20. The van der Waals surface area contributed by atoms with Gasteiger partial charge in [-0.1, -0.05) is 17.3 Å². The van der Waals surface area contributed by atoms with E-state index in [4.69, 9.17) is 0 Å². The molecule has 0 spiro atoms. The summed E-state index contributed by atoms with van der Waals surface area (Å²) in [5.74, 6) is 0.461. The van der Waals surface area contributed by atoms with Gasteiger partial charge in [0.15, 0.2) is 5.82 Å². The largest absolute Gasteiger partial charge is 0.207 e. The lowest BCUT2D eigenvalue weighted by Gasteiger charge is -1.97. The summed E-state index contributed by atoms with van der Waals surface area (Å²) in [5, 5.41) is 13.5. The van der Waals surface area contributed by atoms with E-state index in [1.807, 2.05) is 0 Å². The highest BCUT2D eigenvalue weighted by Crippen LogP contribution is 2.05. The molecule has 0 radical (unpaired) electrons. The van der Waals surface area contributed by atoms with Crippen molar-refractivity contribution in [2.75, 3.05) is 0 Å². The van der Waals surface area contributed by atoms with E-state index in [2.05, 4.69) is 20.6 Å². The van der Waals surface area contributed by atoms with Gasteiger partial charge >= 0.3 is 0 Å². The number of H-pyrrole nitrogens is 1. The summed E-state index contributed by atoms with van der Waals surface area (Å²) in [6.45, 7) is 0. The fraction of sp³-hybridized carbons (Fsp3) is 0.222.